The molecule has 2 aromatic carbocycles. The van der Waals surface area contributed by atoms with Gasteiger partial charge in [-0.2, -0.15) is 0 Å². The molecular formula is C14H8ClF3N2. The van der Waals surface area contributed by atoms with Gasteiger partial charge >= 0.3 is 0 Å². The van der Waals surface area contributed by atoms with E-state index in [4.69, 9.17) is 11.6 Å². The van der Waals surface area contributed by atoms with Crippen molar-refractivity contribution in [3.8, 4) is 0 Å². The van der Waals surface area contributed by atoms with E-state index in [1.54, 1.807) is 10.6 Å². The van der Waals surface area contributed by atoms with Crippen LogP contribution in [0.4, 0.5) is 13.2 Å². The zero-order valence-corrected chi connectivity index (χ0v) is 10.8. The Bertz CT molecular complexity index is 798. The highest BCUT2D eigenvalue weighted by Gasteiger charge is 2.10. The Morgan fingerprint density at radius 3 is 2.55 bits per heavy atom. The highest BCUT2D eigenvalue weighted by molar-refractivity contribution is 6.31. The summed E-state index contributed by atoms with van der Waals surface area (Å²) in [6.07, 6.45) is 1.46. The lowest BCUT2D eigenvalue weighted by Gasteiger charge is -2.07. The van der Waals surface area contributed by atoms with E-state index in [1.807, 2.05) is 0 Å². The molecule has 0 aliphatic heterocycles. The molecule has 3 rings (SSSR count). The lowest BCUT2D eigenvalue weighted by atomic mass is 10.2. The van der Waals surface area contributed by atoms with Crippen LogP contribution in [0.5, 0.6) is 0 Å². The second-order valence-electron chi connectivity index (χ2n) is 4.36. The predicted octanol–water partition coefficient (Wildman–Crippen LogP) is 4.16. The van der Waals surface area contributed by atoms with Crippen LogP contribution in [0, 0.1) is 17.5 Å². The van der Waals surface area contributed by atoms with Crippen LogP contribution < -0.4 is 0 Å². The number of rotatable bonds is 2. The Hall–Kier alpha value is -2.01. The number of aromatic nitrogens is 2. The maximum Gasteiger partial charge on any atom is 0.161 e. The van der Waals surface area contributed by atoms with Crippen LogP contribution in [-0.4, -0.2) is 9.55 Å². The van der Waals surface area contributed by atoms with Gasteiger partial charge in [-0.3, -0.25) is 0 Å². The van der Waals surface area contributed by atoms with Gasteiger partial charge in [-0.25, -0.2) is 18.2 Å². The zero-order valence-electron chi connectivity index (χ0n) is 10.1. The summed E-state index contributed by atoms with van der Waals surface area (Å²) in [6.45, 7) is 0.292. The molecule has 0 atom stereocenters. The molecular weight excluding hydrogens is 289 g/mol. The normalized spacial score (nSPS) is 11.2. The SMILES string of the molecule is Fc1ccc(Cn2cnc3cc(F)c(F)cc32)c(Cl)c1. The monoisotopic (exact) mass is 296 g/mol. The molecule has 0 radical (unpaired) electrons. The smallest absolute Gasteiger partial charge is 0.161 e. The highest BCUT2D eigenvalue weighted by atomic mass is 35.5. The number of halogens is 4. The van der Waals surface area contributed by atoms with Crippen LogP contribution in [0.25, 0.3) is 11.0 Å². The molecule has 0 bridgehead atoms. The molecule has 102 valence electrons. The topological polar surface area (TPSA) is 17.8 Å². The predicted molar refractivity (Wildman–Crippen MR) is 70.2 cm³/mol. The van der Waals surface area contributed by atoms with Crippen molar-refractivity contribution in [2.45, 2.75) is 6.54 Å². The minimum absolute atomic E-state index is 0.273. The number of hydrogen-bond acceptors (Lipinski definition) is 1. The van der Waals surface area contributed by atoms with Crippen molar-refractivity contribution < 1.29 is 13.2 Å². The van der Waals surface area contributed by atoms with Gasteiger partial charge in [-0.05, 0) is 17.7 Å². The van der Waals surface area contributed by atoms with Crippen LogP contribution in [0.2, 0.25) is 5.02 Å². The van der Waals surface area contributed by atoms with Gasteiger partial charge in [0.25, 0.3) is 0 Å². The lowest BCUT2D eigenvalue weighted by molar-refractivity contribution is 0.510. The van der Waals surface area contributed by atoms with E-state index in [0.29, 0.717) is 23.1 Å². The minimum Gasteiger partial charge on any atom is -0.326 e. The van der Waals surface area contributed by atoms with Crippen molar-refractivity contribution in [3.05, 3.63) is 64.7 Å². The first-order chi connectivity index (χ1) is 9.54. The molecule has 6 heteroatoms. The molecule has 0 saturated carbocycles. The molecule has 0 aliphatic carbocycles. The van der Waals surface area contributed by atoms with Crippen molar-refractivity contribution in [2.75, 3.05) is 0 Å². The maximum absolute atomic E-state index is 13.3. The first-order valence-electron chi connectivity index (χ1n) is 5.78. The van der Waals surface area contributed by atoms with Gasteiger partial charge in [-0.1, -0.05) is 17.7 Å². The summed E-state index contributed by atoms with van der Waals surface area (Å²) in [5.41, 5.74) is 1.46. The first-order valence-corrected chi connectivity index (χ1v) is 6.16. The molecule has 0 unspecified atom stereocenters. The average Bonchev–Trinajstić information content (AvgIpc) is 2.76. The van der Waals surface area contributed by atoms with Gasteiger partial charge in [-0.15, -0.1) is 0 Å². The van der Waals surface area contributed by atoms with E-state index in [1.165, 1.54) is 18.5 Å². The number of fused-ring (bicyclic) bond motifs is 1. The summed E-state index contributed by atoms with van der Waals surface area (Å²) >= 11 is 5.95. The van der Waals surface area contributed by atoms with E-state index < -0.39 is 17.5 Å². The molecule has 2 nitrogen and oxygen atoms in total. The van der Waals surface area contributed by atoms with E-state index in [9.17, 15) is 13.2 Å². The van der Waals surface area contributed by atoms with Crippen LogP contribution in [0.1, 0.15) is 5.56 Å². The zero-order chi connectivity index (χ0) is 14.3. The second-order valence-corrected chi connectivity index (χ2v) is 4.77. The van der Waals surface area contributed by atoms with Gasteiger partial charge in [0.15, 0.2) is 11.6 Å². The van der Waals surface area contributed by atoms with E-state index in [0.717, 1.165) is 12.1 Å². The first kappa shape index (κ1) is 13.0. The number of nitrogens with zero attached hydrogens (tertiary/aromatic N) is 2. The third-order valence-corrected chi connectivity index (χ3v) is 3.37. The van der Waals surface area contributed by atoms with Gasteiger partial charge in [0.05, 0.1) is 23.9 Å². The molecule has 0 amide bonds. The fourth-order valence-corrected chi connectivity index (χ4v) is 2.24. The lowest BCUT2D eigenvalue weighted by Crippen LogP contribution is -1.99. The maximum atomic E-state index is 13.3. The largest absolute Gasteiger partial charge is 0.326 e. The van der Waals surface area contributed by atoms with Crippen LogP contribution in [0.3, 0.4) is 0 Å². The summed E-state index contributed by atoms with van der Waals surface area (Å²) in [6, 6.07) is 6.16. The van der Waals surface area contributed by atoms with Crippen LogP contribution in [-0.2, 0) is 6.54 Å². The quantitative estimate of drug-likeness (QED) is 0.694. The number of benzene rings is 2. The summed E-state index contributed by atoms with van der Waals surface area (Å²) < 4.78 is 41.0. The van der Waals surface area contributed by atoms with Gasteiger partial charge < -0.3 is 4.57 Å². The Balaban J connectivity index is 2.04. The molecule has 0 fully saturated rings. The summed E-state index contributed by atoms with van der Waals surface area (Å²) in [4.78, 5) is 4.00. The standard InChI is InChI=1S/C14H8ClF3N2/c15-10-3-9(16)2-1-8(10)6-20-7-19-13-4-11(17)12(18)5-14(13)20/h1-5,7H,6H2. The Labute approximate surface area is 117 Å². The number of imidazole rings is 1. The average molecular weight is 297 g/mol. The number of hydrogen-bond donors (Lipinski definition) is 0. The van der Waals surface area contributed by atoms with Gasteiger partial charge in [0, 0.05) is 17.2 Å². The fraction of sp³-hybridized carbons (Fsp3) is 0.0714. The van der Waals surface area contributed by atoms with E-state index in [2.05, 4.69) is 4.98 Å². The van der Waals surface area contributed by atoms with Crippen molar-refractivity contribution in [2.24, 2.45) is 0 Å². The highest BCUT2D eigenvalue weighted by Crippen LogP contribution is 2.22. The molecule has 3 aromatic rings. The van der Waals surface area contributed by atoms with Gasteiger partial charge in [0.1, 0.15) is 5.82 Å². The summed E-state index contributed by atoms with van der Waals surface area (Å²) in [5.74, 6) is -2.31. The molecule has 0 N–H and O–H groups in total. The van der Waals surface area contributed by atoms with E-state index >= 15 is 0 Å². The molecule has 1 heterocycles. The third kappa shape index (κ3) is 2.25. The van der Waals surface area contributed by atoms with E-state index in [-0.39, 0.29) is 5.02 Å². The van der Waals surface area contributed by atoms with Crippen LogP contribution in [0.15, 0.2) is 36.7 Å². The molecule has 1 aromatic heterocycles. The Morgan fingerprint density at radius 1 is 1.05 bits per heavy atom. The van der Waals surface area contributed by atoms with Crippen molar-refractivity contribution >= 4 is 22.6 Å². The summed E-state index contributed by atoms with van der Waals surface area (Å²) in [5, 5.41) is 0.273. The Morgan fingerprint density at radius 2 is 1.80 bits per heavy atom. The summed E-state index contributed by atoms with van der Waals surface area (Å²) in [7, 11) is 0. The van der Waals surface area contributed by atoms with Crippen molar-refractivity contribution in [3.63, 3.8) is 0 Å². The van der Waals surface area contributed by atoms with Gasteiger partial charge in [0.2, 0.25) is 0 Å². The van der Waals surface area contributed by atoms with Crippen LogP contribution >= 0.6 is 11.6 Å². The Kier molecular flexibility index (Phi) is 3.14. The fourth-order valence-electron chi connectivity index (χ4n) is 2.01. The molecule has 0 spiro atoms. The molecule has 0 aliphatic rings. The van der Waals surface area contributed by atoms with Crippen molar-refractivity contribution in [1.82, 2.24) is 9.55 Å². The molecule has 0 saturated heterocycles. The molecule has 20 heavy (non-hydrogen) atoms. The van der Waals surface area contributed by atoms with Crippen molar-refractivity contribution in [1.29, 1.82) is 0 Å². The third-order valence-electron chi connectivity index (χ3n) is 3.02. The second kappa shape index (κ2) is 4.83. The minimum atomic E-state index is -0.942.